The Bertz CT molecular complexity index is 1090. The van der Waals surface area contributed by atoms with Crippen LogP contribution < -0.4 is 4.74 Å². The van der Waals surface area contributed by atoms with Crippen LogP contribution in [0.1, 0.15) is 35.2 Å². The lowest BCUT2D eigenvalue weighted by Gasteiger charge is -2.15. The van der Waals surface area contributed by atoms with Crippen LogP contribution in [-0.2, 0) is 13.0 Å². The van der Waals surface area contributed by atoms with Gasteiger partial charge in [-0.15, -0.1) is 0 Å². The van der Waals surface area contributed by atoms with Crippen LogP contribution in [0.5, 0.6) is 11.6 Å². The van der Waals surface area contributed by atoms with E-state index >= 15 is 0 Å². The number of halogens is 1. The maximum atomic E-state index is 8.72. The first-order valence-corrected chi connectivity index (χ1v) is 9.23. The third kappa shape index (κ3) is 3.26. The normalized spacial score (nSPS) is 13.7. The zero-order valence-electron chi connectivity index (χ0n) is 15.2. The van der Waals surface area contributed by atoms with Gasteiger partial charge in [-0.25, -0.2) is 0 Å². The fraction of sp³-hybridized carbons (Fsp3) is 0.300. The molecule has 0 saturated carbocycles. The van der Waals surface area contributed by atoms with Gasteiger partial charge < -0.3 is 4.74 Å². The van der Waals surface area contributed by atoms with Crippen LogP contribution in [0.3, 0.4) is 0 Å². The van der Waals surface area contributed by atoms with Crippen molar-refractivity contribution in [3.05, 3.63) is 45.9 Å². The Morgan fingerprint density at radius 2 is 2.00 bits per heavy atom. The average Bonchev–Trinajstić information content (AvgIpc) is 3.01. The molecule has 0 atom stereocenters. The number of benzene rings is 1. The molecule has 0 fully saturated rings. The van der Waals surface area contributed by atoms with Gasteiger partial charge in [0.1, 0.15) is 11.1 Å². The van der Waals surface area contributed by atoms with Crippen LogP contribution in [0.4, 0.5) is 0 Å². The molecule has 0 bridgehead atoms. The molecule has 27 heavy (non-hydrogen) atoms. The monoisotopic (exact) mass is 379 g/mol. The number of allylic oxidation sites excluding steroid dienone is 1. The van der Waals surface area contributed by atoms with E-state index in [9.17, 15) is 0 Å². The summed E-state index contributed by atoms with van der Waals surface area (Å²) in [5, 5.41) is 14.3. The molecule has 0 radical (unpaired) electrons. The molecule has 6 nitrogen and oxygen atoms in total. The van der Waals surface area contributed by atoms with Crippen LogP contribution in [0.15, 0.2) is 18.2 Å². The minimum absolute atomic E-state index is 0.122. The van der Waals surface area contributed by atoms with Gasteiger partial charge in [-0.3, -0.25) is 4.68 Å². The Morgan fingerprint density at radius 3 is 2.74 bits per heavy atom. The second kappa shape index (κ2) is 7.01. The molecule has 0 saturated heterocycles. The lowest BCUT2D eigenvalue weighted by Crippen LogP contribution is -2.11. The first-order chi connectivity index (χ1) is 13.1. The van der Waals surface area contributed by atoms with Gasteiger partial charge in [0.15, 0.2) is 5.65 Å². The van der Waals surface area contributed by atoms with Crippen molar-refractivity contribution in [1.82, 2.24) is 19.7 Å². The van der Waals surface area contributed by atoms with Crippen molar-refractivity contribution in [2.24, 2.45) is 0 Å². The summed E-state index contributed by atoms with van der Waals surface area (Å²) in [6.07, 6.45) is 6.38. The van der Waals surface area contributed by atoms with Gasteiger partial charge in [0.25, 0.3) is 0 Å². The van der Waals surface area contributed by atoms with Crippen molar-refractivity contribution in [3.8, 4) is 17.7 Å². The number of nitrogens with zero attached hydrogens (tertiary/aromatic N) is 5. The standard InChI is InChI=1S/C20H18ClN5O/c1-12-10-14(6-5-8-22)11-13(2)17(12)27-19-16-15-7-3-4-9-26(15)25-18(16)23-20(21)24-19/h5-6,10-11H,3-4,7,9H2,1-2H3/b6-5+. The summed E-state index contributed by atoms with van der Waals surface area (Å²) in [5.74, 6) is 1.18. The maximum absolute atomic E-state index is 8.72. The SMILES string of the molecule is Cc1cc(/C=C/C#N)cc(C)c1Oc1nc(Cl)nc2nn3c(c12)CCCC3. The fourth-order valence-corrected chi connectivity index (χ4v) is 3.73. The van der Waals surface area contributed by atoms with E-state index in [1.54, 1.807) is 6.08 Å². The van der Waals surface area contributed by atoms with Gasteiger partial charge in [-0.1, -0.05) is 0 Å². The molecule has 0 N–H and O–H groups in total. The number of rotatable bonds is 3. The summed E-state index contributed by atoms with van der Waals surface area (Å²) in [6.45, 7) is 4.82. The van der Waals surface area contributed by atoms with Crippen molar-refractivity contribution in [1.29, 1.82) is 5.26 Å². The van der Waals surface area contributed by atoms with Crippen LogP contribution in [0.25, 0.3) is 17.1 Å². The number of hydrogen-bond donors (Lipinski definition) is 0. The lowest BCUT2D eigenvalue weighted by molar-refractivity contribution is 0.458. The predicted molar refractivity (Wildman–Crippen MR) is 104 cm³/mol. The molecule has 0 aliphatic carbocycles. The smallest absolute Gasteiger partial charge is 0.235 e. The van der Waals surface area contributed by atoms with E-state index in [-0.39, 0.29) is 5.28 Å². The molecule has 0 spiro atoms. The highest BCUT2D eigenvalue weighted by molar-refractivity contribution is 6.28. The molecule has 0 amide bonds. The molecule has 3 aromatic rings. The van der Waals surface area contributed by atoms with Crippen molar-refractivity contribution >= 4 is 28.7 Å². The predicted octanol–water partition coefficient (Wildman–Crippen LogP) is 4.76. The summed E-state index contributed by atoms with van der Waals surface area (Å²) >= 11 is 6.12. The third-order valence-electron chi connectivity index (χ3n) is 4.71. The molecule has 1 aliphatic heterocycles. The number of hydrogen-bond acceptors (Lipinski definition) is 5. The second-order valence-electron chi connectivity index (χ2n) is 6.67. The van der Waals surface area contributed by atoms with E-state index in [1.807, 2.05) is 36.7 Å². The molecular weight excluding hydrogens is 362 g/mol. The zero-order chi connectivity index (χ0) is 19.0. The molecule has 3 heterocycles. The Morgan fingerprint density at radius 1 is 1.22 bits per heavy atom. The number of aromatic nitrogens is 4. The number of fused-ring (bicyclic) bond motifs is 3. The van der Waals surface area contributed by atoms with Gasteiger partial charge in [0.05, 0.1) is 11.8 Å². The van der Waals surface area contributed by atoms with Crippen LogP contribution in [0.2, 0.25) is 5.28 Å². The summed E-state index contributed by atoms with van der Waals surface area (Å²) in [4.78, 5) is 8.63. The minimum atomic E-state index is 0.122. The van der Waals surface area contributed by atoms with E-state index in [0.717, 1.165) is 59.3 Å². The highest BCUT2D eigenvalue weighted by Crippen LogP contribution is 2.36. The lowest BCUT2D eigenvalue weighted by atomic mass is 10.1. The Hall–Kier alpha value is -2.91. The summed E-state index contributed by atoms with van der Waals surface area (Å²) in [6, 6.07) is 5.96. The molecule has 136 valence electrons. The summed E-state index contributed by atoms with van der Waals surface area (Å²) in [7, 11) is 0. The van der Waals surface area contributed by atoms with Crippen LogP contribution in [-0.4, -0.2) is 19.7 Å². The molecule has 0 unspecified atom stereocenters. The van der Waals surface area contributed by atoms with Crippen molar-refractivity contribution in [2.75, 3.05) is 0 Å². The number of ether oxygens (including phenoxy) is 1. The number of aryl methyl sites for hydroxylation is 4. The third-order valence-corrected chi connectivity index (χ3v) is 4.88. The van der Waals surface area contributed by atoms with E-state index in [4.69, 9.17) is 21.6 Å². The van der Waals surface area contributed by atoms with Gasteiger partial charge in [0, 0.05) is 12.6 Å². The Balaban J connectivity index is 1.81. The topological polar surface area (TPSA) is 76.6 Å². The van der Waals surface area contributed by atoms with Crippen molar-refractivity contribution in [2.45, 2.75) is 39.7 Å². The minimum Gasteiger partial charge on any atom is -0.438 e. The summed E-state index contributed by atoms with van der Waals surface area (Å²) in [5.41, 5.74) is 4.54. The Labute approximate surface area is 162 Å². The molecule has 1 aromatic carbocycles. The molecule has 4 rings (SSSR count). The highest BCUT2D eigenvalue weighted by Gasteiger charge is 2.22. The maximum Gasteiger partial charge on any atom is 0.235 e. The summed E-state index contributed by atoms with van der Waals surface area (Å²) < 4.78 is 8.23. The Kier molecular flexibility index (Phi) is 4.54. The fourth-order valence-electron chi connectivity index (χ4n) is 3.57. The van der Waals surface area contributed by atoms with E-state index in [2.05, 4.69) is 15.1 Å². The first kappa shape index (κ1) is 17.5. The molecule has 2 aromatic heterocycles. The first-order valence-electron chi connectivity index (χ1n) is 8.85. The van der Waals surface area contributed by atoms with Gasteiger partial charge in [-0.05, 0) is 79.6 Å². The largest absolute Gasteiger partial charge is 0.438 e. The molecular formula is C20H18ClN5O. The van der Waals surface area contributed by atoms with Crippen LogP contribution in [0, 0.1) is 25.2 Å². The zero-order valence-corrected chi connectivity index (χ0v) is 15.9. The average molecular weight is 380 g/mol. The van der Waals surface area contributed by atoms with Gasteiger partial charge >= 0.3 is 0 Å². The molecule has 1 aliphatic rings. The van der Waals surface area contributed by atoms with E-state index < -0.39 is 0 Å². The number of nitriles is 1. The van der Waals surface area contributed by atoms with Gasteiger partial charge in [0.2, 0.25) is 11.2 Å². The second-order valence-corrected chi connectivity index (χ2v) is 7.01. The van der Waals surface area contributed by atoms with Gasteiger partial charge in [-0.2, -0.15) is 20.3 Å². The van der Waals surface area contributed by atoms with Crippen molar-refractivity contribution < 1.29 is 4.74 Å². The quantitative estimate of drug-likeness (QED) is 0.484. The van der Waals surface area contributed by atoms with E-state index in [0.29, 0.717) is 11.5 Å². The van der Waals surface area contributed by atoms with Crippen LogP contribution >= 0.6 is 11.6 Å². The highest BCUT2D eigenvalue weighted by atomic mass is 35.5. The molecule has 7 heteroatoms. The van der Waals surface area contributed by atoms with E-state index in [1.165, 1.54) is 6.08 Å². The van der Waals surface area contributed by atoms with Crippen molar-refractivity contribution in [3.63, 3.8) is 0 Å².